The molecule has 0 saturated heterocycles. The first-order valence-corrected chi connectivity index (χ1v) is 7.66. The van der Waals surface area contributed by atoms with Gasteiger partial charge in [0.25, 0.3) is 5.91 Å². The van der Waals surface area contributed by atoms with Gasteiger partial charge < -0.3 is 10.0 Å². The normalized spacial score (nSPS) is 10.5. The lowest BCUT2D eigenvalue weighted by Crippen LogP contribution is -2.32. The smallest absolute Gasteiger partial charge is 0.337 e. The second kappa shape index (κ2) is 7.68. The molecule has 0 aliphatic rings. The third-order valence-corrected chi connectivity index (χ3v) is 3.66. The molecule has 0 spiro atoms. The summed E-state index contributed by atoms with van der Waals surface area (Å²) in [7, 11) is 0. The summed E-state index contributed by atoms with van der Waals surface area (Å²) in [6, 6.07) is 7.60. The molecule has 5 nitrogen and oxygen atoms in total. The van der Waals surface area contributed by atoms with Crippen LogP contribution in [0.15, 0.2) is 36.5 Å². The number of carbonyl (C=O) groups is 2. The molecule has 1 N–H and O–H groups in total. The number of pyridine rings is 1. The predicted octanol–water partition coefficient (Wildman–Crippen LogP) is 3.28. The van der Waals surface area contributed by atoms with Crippen LogP contribution in [-0.4, -0.2) is 33.4 Å². The van der Waals surface area contributed by atoms with Gasteiger partial charge in [-0.05, 0) is 25.5 Å². The molecule has 24 heavy (non-hydrogen) atoms. The Morgan fingerprint density at radius 1 is 1.29 bits per heavy atom. The Kier molecular flexibility index (Phi) is 5.63. The van der Waals surface area contributed by atoms with E-state index in [1.54, 1.807) is 25.1 Å². The number of carbonyl (C=O) groups excluding carboxylic acids is 1. The zero-order valence-electron chi connectivity index (χ0n) is 13.6. The number of nitrogens with zero attached hydrogens (tertiary/aromatic N) is 2. The number of carboxylic acid groups (broad SMARTS) is 1. The van der Waals surface area contributed by atoms with Gasteiger partial charge in [0, 0.05) is 24.8 Å². The fourth-order valence-electron chi connectivity index (χ4n) is 2.39. The number of hydrogen-bond acceptors (Lipinski definition) is 3. The van der Waals surface area contributed by atoms with Gasteiger partial charge in [0.05, 0.1) is 16.8 Å². The Morgan fingerprint density at radius 2 is 2.00 bits per heavy atom. The van der Waals surface area contributed by atoms with Crippen molar-refractivity contribution in [3.05, 3.63) is 64.7 Å². The van der Waals surface area contributed by atoms with Crippen LogP contribution in [0, 0.1) is 12.7 Å². The zero-order chi connectivity index (χ0) is 17.7. The molecule has 2 aromatic rings. The second-order valence-electron chi connectivity index (χ2n) is 5.48. The SMILES string of the molecule is CCCN(Cc1ccccc1F)C(=O)c1cc(C(=O)O)cnc1C. The van der Waals surface area contributed by atoms with Gasteiger partial charge in [-0.3, -0.25) is 9.78 Å². The summed E-state index contributed by atoms with van der Waals surface area (Å²) in [5.41, 5.74) is 1.03. The molecule has 0 fully saturated rings. The van der Waals surface area contributed by atoms with Crippen LogP contribution in [-0.2, 0) is 6.54 Å². The van der Waals surface area contributed by atoms with E-state index in [9.17, 15) is 14.0 Å². The molecule has 1 amide bonds. The summed E-state index contributed by atoms with van der Waals surface area (Å²) in [6.07, 6.45) is 1.92. The maximum Gasteiger partial charge on any atom is 0.337 e. The summed E-state index contributed by atoms with van der Waals surface area (Å²) in [5, 5.41) is 9.08. The minimum atomic E-state index is -1.15. The van der Waals surface area contributed by atoms with Gasteiger partial charge in [-0.1, -0.05) is 25.1 Å². The molecule has 0 aliphatic carbocycles. The molecular weight excluding hydrogens is 311 g/mol. The van der Waals surface area contributed by atoms with Crippen LogP contribution in [0.25, 0.3) is 0 Å². The average Bonchev–Trinajstić information content (AvgIpc) is 2.56. The molecule has 0 radical (unpaired) electrons. The molecule has 126 valence electrons. The van der Waals surface area contributed by atoms with Crippen molar-refractivity contribution in [1.82, 2.24) is 9.88 Å². The maximum atomic E-state index is 13.9. The van der Waals surface area contributed by atoms with Crippen molar-refractivity contribution >= 4 is 11.9 Å². The lowest BCUT2D eigenvalue weighted by atomic mass is 10.1. The van der Waals surface area contributed by atoms with Gasteiger partial charge in [-0.15, -0.1) is 0 Å². The van der Waals surface area contributed by atoms with E-state index < -0.39 is 5.97 Å². The van der Waals surface area contributed by atoms with Crippen molar-refractivity contribution in [2.24, 2.45) is 0 Å². The molecular formula is C18H19FN2O3. The molecule has 0 bridgehead atoms. The summed E-state index contributed by atoms with van der Waals surface area (Å²) in [5.74, 6) is -1.87. The molecule has 6 heteroatoms. The minimum absolute atomic E-state index is 0.0497. The van der Waals surface area contributed by atoms with Gasteiger partial charge in [0.1, 0.15) is 5.82 Å². The molecule has 1 heterocycles. The van der Waals surface area contributed by atoms with E-state index in [-0.39, 0.29) is 29.4 Å². The number of hydrogen-bond donors (Lipinski definition) is 1. The van der Waals surface area contributed by atoms with Crippen LogP contribution in [0.4, 0.5) is 4.39 Å². The summed E-state index contributed by atoms with van der Waals surface area (Å²) >= 11 is 0. The summed E-state index contributed by atoms with van der Waals surface area (Å²) < 4.78 is 13.9. The highest BCUT2D eigenvalue weighted by atomic mass is 19.1. The molecule has 1 aromatic carbocycles. The van der Waals surface area contributed by atoms with E-state index >= 15 is 0 Å². The Bertz CT molecular complexity index is 762. The number of amides is 1. The number of aromatic nitrogens is 1. The van der Waals surface area contributed by atoms with Crippen molar-refractivity contribution < 1.29 is 19.1 Å². The first-order chi connectivity index (χ1) is 11.4. The molecule has 0 atom stereocenters. The van der Waals surface area contributed by atoms with E-state index in [0.717, 1.165) is 0 Å². The van der Waals surface area contributed by atoms with E-state index in [4.69, 9.17) is 5.11 Å². The summed E-state index contributed by atoms with van der Waals surface area (Å²) in [4.78, 5) is 29.4. The molecule has 0 aliphatic heterocycles. The third kappa shape index (κ3) is 3.95. The minimum Gasteiger partial charge on any atom is -0.478 e. The standard InChI is InChI=1S/C18H19FN2O3/c1-3-8-21(11-13-6-4-5-7-16(13)19)17(22)15-9-14(18(23)24)10-20-12(15)2/h4-7,9-10H,3,8,11H2,1-2H3,(H,23,24). The van der Waals surface area contributed by atoms with E-state index in [0.29, 0.717) is 24.2 Å². The molecule has 2 rings (SSSR count). The lowest BCUT2D eigenvalue weighted by molar-refractivity contribution is 0.0696. The molecule has 0 saturated carbocycles. The van der Waals surface area contributed by atoms with Crippen molar-refractivity contribution in [3.63, 3.8) is 0 Å². The molecule has 0 unspecified atom stereocenters. The van der Waals surface area contributed by atoms with Crippen LogP contribution in [0.5, 0.6) is 0 Å². The topological polar surface area (TPSA) is 70.5 Å². The Labute approximate surface area is 139 Å². The van der Waals surface area contributed by atoms with Gasteiger partial charge in [-0.2, -0.15) is 0 Å². The largest absolute Gasteiger partial charge is 0.478 e. The van der Waals surface area contributed by atoms with E-state index in [2.05, 4.69) is 4.98 Å². The van der Waals surface area contributed by atoms with Crippen LogP contribution >= 0.6 is 0 Å². The first kappa shape index (κ1) is 17.6. The predicted molar refractivity (Wildman–Crippen MR) is 87.4 cm³/mol. The van der Waals surface area contributed by atoms with E-state index in [1.807, 2.05) is 6.92 Å². The highest BCUT2D eigenvalue weighted by molar-refractivity contribution is 5.98. The van der Waals surface area contributed by atoms with Crippen LogP contribution < -0.4 is 0 Å². The Hall–Kier alpha value is -2.76. The number of carboxylic acids is 1. The van der Waals surface area contributed by atoms with Gasteiger partial charge >= 0.3 is 5.97 Å². The monoisotopic (exact) mass is 330 g/mol. The fraction of sp³-hybridized carbons (Fsp3) is 0.278. The van der Waals surface area contributed by atoms with Crippen molar-refractivity contribution in [2.75, 3.05) is 6.54 Å². The molecule has 1 aromatic heterocycles. The number of halogens is 1. The zero-order valence-corrected chi connectivity index (χ0v) is 13.6. The maximum absolute atomic E-state index is 13.9. The first-order valence-electron chi connectivity index (χ1n) is 7.66. The Balaban J connectivity index is 2.34. The van der Waals surface area contributed by atoms with Crippen molar-refractivity contribution in [2.45, 2.75) is 26.8 Å². The highest BCUT2D eigenvalue weighted by Crippen LogP contribution is 2.16. The fourth-order valence-corrected chi connectivity index (χ4v) is 2.39. The number of aryl methyl sites for hydroxylation is 1. The quantitative estimate of drug-likeness (QED) is 0.882. The lowest BCUT2D eigenvalue weighted by Gasteiger charge is -2.23. The number of aromatic carboxylic acids is 1. The average molecular weight is 330 g/mol. The van der Waals surface area contributed by atoms with Gasteiger partial charge in [0.2, 0.25) is 0 Å². The van der Waals surface area contributed by atoms with Gasteiger partial charge in [0.15, 0.2) is 0 Å². The number of rotatable bonds is 6. The van der Waals surface area contributed by atoms with Crippen LogP contribution in [0.1, 0.15) is 45.3 Å². The van der Waals surface area contributed by atoms with Gasteiger partial charge in [-0.25, -0.2) is 9.18 Å². The van der Waals surface area contributed by atoms with Crippen LogP contribution in [0.2, 0.25) is 0 Å². The summed E-state index contributed by atoms with van der Waals surface area (Å²) in [6.45, 7) is 4.12. The van der Waals surface area contributed by atoms with E-state index in [1.165, 1.54) is 23.2 Å². The van der Waals surface area contributed by atoms with Crippen molar-refractivity contribution in [3.8, 4) is 0 Å². The number of benzene rings is 1. The van der Waals surface area contributed by atoms with Crippen molar-refractivity contribution in [1.29, 1.82) is 0 Å². The second-order valence-corrected chi connectivity index (χ2v) is 5.48. The van der Waals surface area contributed by atoms with Crippen LogP contribution in [0.3, 0.4) is 0 Å². The Morgan fingerprint density at radius 3 is 2.62 bits per heavy atom. The highest BCUT2D eigenvalue weighted by Gasteiger charge is 2.20. The third-order valence-electron chi connectivity index (χ3n) is 3.66.